The lowest BCUT2D eigenvalue weighted by Gasteiger charge is -2.21. The zero-order valence-electron chi connectivity index (χ0n) is 18.8. The van der Waals surface area contributed by atoms with Gasteiger partial charge in [0.15, 0.2) is 15.7 Å². The zero-order valence-corrected chi connectivity index (χ0v) is 20.4. The molecule has 2 aromatic heterocycles. The van der Waals surface area contributed by atoms with E-state index in [1.807, 2.05) is 0 Å². The molecule has 0 unspecified atom stereocenters. The number of fused-ring (bicyclic) bond motifs is 1. The predicted molar refractivity (Wildman–Crippen MR) is 125 cm³/mol. The highest BCUT2D eigenvalue weighted by Crippen LogP contribution is 2.37. The van der Waals surface area contributed by atoms with Crippen molar-refractivity contribution in [3.8, 4) is 5.75 Å². The Morgan fingerprint density at radius 2 is 1.94 bits per heavy atom. The van der Waals surface area contributed by atoms with E-state index in [1.165, 1.54) is 7.11 Å². The molecule has 0 fully saturated rings. The van der Waals surface area contributed by atoms with Gasteiger partial charge in [0.05, 0.1) is 29.7 Å². The summed E-state index contributed by atoms with van der Waals surface area (Å²) in [4.78, 5) is 16.5. The number of ether oxygens (including phenoxy) is 2. The van der Waals surface area contributed by atoms with Gasteiger partial charge in [-0.15, -0.1) is 12.4 Å². The van der Waals surface area contributed by atoms with Crippen molar-refractivity contribution in [2.75, 3.05) is 19.0 Å². The van der Waals surface area contributed by atoms with E-state index in [4.69, 9.17) is 9.47 Å². The van der Waals surface area contributed by atoms with Crippen LogP contribution in [0.2, 0.25) is 0 Å². The lowest BCUT2D eigenvalue weighted by molar-refractivity contribution is 0.0518. The number of nitrogens with one attached hydrogen (secondary N) is 2. The molecule has 9 nitrogen and oxygen atoms in total. The number of aromatic amines is 1. The molecule has 0 saturated heterocycles. The molecule has 2 heterocycles. The molecule has 11 heteroatoms. The fraction of sp³-hybridized carbons (Fsp3) is 0.381. The summed E-state index contributed by atoms with van der Waals surface area (Å²) in [5, 5.41) is 10.6. The van der Waals surface area contributed by atoms with Gasteiger partial charge < -0.3 is 14.8 Å². The van der Waals surface area contributed by atoms with Crippen LogP contribution in [0.3, 0.4) is 0 Å². The van der Waals surface area contributed by atoms with E-state index in [0.29, 0.717) is 28.0 Å². The first-order chi connectivity index (χ1) is 14.5. The third-order valence-electron chi connectivity index (χ3n) is 4.86. The molecular weight excluding hydrogens is 456 g/mol. The lowest BCUT2D eigenvalue weighted by atomic mass is 10.1. The number of halogens is 1. The highest BCUT2D eigenvalue weighted by molar-refractivity contribution is 7.92. The van der Waals surface area contributed by atoms with Gasteiger partial charge in [0, 0.05) is 23.2 Å². The van der Waals surface area contributed by atoms with Crippen LogP contribution in [0.25, 0.3) is 10.9 Å². The maximum Gasteiger partial charge on any atom is 0.356 e. The van der Waals surface area contributed by atoms with Gasteiger partial charge in [-0.05, 0) is 46.8 Å². The van der Waals surface area contributed by atoms with E-state index in [0.717, 1.165) is 0 Å². The summed E-state index contributed by atoms with van der Waals surface area (Å²) in [7, 11) is -2.26. The minimum atomic E-state index is -3.69. The van der Waals surface area contributed by atoms with Crippen LogP contribution in [0.1, 0.15) is 43.7 Å². The SMILES string of the molecule is CCOC(=O)c1[nH]nc(Nc2ccnc3cc(OC)c(S(=O)(=O)C(C)(C)C)cc23)c1C.Cl. The number of nitrogens with zero attached hydrogens (tertiary/aromatic N) is 2. The summed E-state index contributed by atoms with van der Waals surface area (Å²) in [5.74, 6) is 0.155. The van der Waals surface area contributed by atoms with Crippen LogP contribution in [-0.2, 0) is 14.6 Å². The van der Waals surface area contributed by atoms with Crippen molar-refractivity contribution in [2.24, 2.45) is 0 Å². The monoisotopic (exact) mass is 482 g/mol. The fourth-order valence-electron chi connectivity index (χ4n) is 3.01. The Labute approximate surface area is 193 Å². The van der Waals surface area contributed by atoms with Crippen LogP contribution >= 0.6 is 12.4 Å². The minimum absolute atomic E-state index is 0. The van der Waals surface area contributed by atoms with Crippen molar-refractivity contribution in [1.82, 2.24) is 15.2 Å². The smallest absolute Gasteiger partial charge is 0.356 e. The molecule has 0 bridgehead atoms. The minimum Gasteiger partial charge on any atom is -0.495 e. The molecule has 0 aliphatic heterocycles. The second-order valence-electron chi connectivity index (χ2n) is 7.91. The fourth-order valence-corrected chi connectivity index (χ4v) is 4.35. The Kier molecular flexibility index (Phi) is 7.41. The number of H-pyrrole nitrogens is 1. The highest BCUT2D eigenvalue weighted by atomic mass is 35.5. The van der Waals surface area contributed by atoms with E-state index >= 15 is 0 Å². The average molecular weight is 483 g/mol. The van der Waals surface area contributed by atoms with Crippen molar-refractivity contribution in [3.63, 3.8) is 0 Å². The number of pyridine rings is 1. The van der Waals surface area contributed by atoms with Gasteiger partial charge in [-0.2, -0.15) is 5.10 Å². The van der Waals surface area contributed by atoms with Crippen molar-refractivity contribution in [2.45, 2.75) is 44.3 Å². The number of methoxy groups -OCH3 is 1. The molecule has 32 heavy (non-hydrogen) atoms. The summed E-state index contributed by atoms with van der Waals surface area (Å²) in [5.41, 5.74) is 1.97. The Bertz CT molecular complexity index is 1250. The molecule has 2 N–H and O–H groups in total. The first kappa shape index (κ1) is 25.4. The maximum absolute atomic E-state index is 13.2. The molecule has 1 aromatic carbocycles. The standard InChI is InChI=1S/C21H26N4O5S.ClH/c1-7-30-20(26)18-12(2)19(25-24-18)23-14-8-9-22-15-11-16(29-6)17(10-13(14)15)31(27,28)21(3,4)5;/h8-11H,7H2,1-6H3,(H2,22,23,24,25);1H. The van der Waals surface area contributed by atoms with Crippen LogP contribution in [0.5, 0.6) is 5.75 Å². The third kappa shape index (κ3) is 4.51. The summed E-state index contributed by atoms with van der Waals surface area (Å²) in [6.45, 7) is 8.63. The Morgan fingerprint density at radius 3 is 2.53 bits per heavy atom. The Hall–Kier alpha value is -2.85. The number of hydrogen-bond acceptors (Lipinski definition) is 8. The van der Waals surface area contributed by atoms with E-state index in [1.54, 1.807) is 59.0 Å². The number of carbonyl (C=O) groups is 1. The summed E-state index contributed by atoms with van der Waals surface area (Å²) in [6.07, 6.45) is 1.59. The van der Waals surface area contributed by atoms with Crippen LogP contribution in [-0.4, -0.2) is 48.0 Å². The van der Waals surface area contributed by atoms with Crippen molar-refractivity contribution in [1.29, 1.82) is 0 Å². The van der Waals surface area contributed by atoms with Gasteiger partial charge >= 0.3 is 5.97 Å². The number of carbonyl (C=O) groups excluding carboxylic acids is 1. The van der Waals surface area contributed by atoms with E-state index in [-0.39, 0.29) is 35.4 Å². The first-order valence-electron chi connectivity index (χ1n) is 9.71. The molecular formula is C21H27ClN4O5S. The molecule has 0 aliphatic rings. The Morgan fingerprint density at radius 1 is 1.25 bits per heavy atom. The zero-order chi connectivity index (χ0) is 23.0. The molecule has 0 aliphatic carbocycles. The number of rotatable bonds is 6. The number of aromatic nitrogens is 3. The largest absolute Gasteiger partial charge is 0.495 e. The van der Waals surface area contributed by atoms with Gasteiger partial charge in [0.2, 0.25) is 0 Å². The normalized spacial score (nSPS) is 11.7. The van der Waals surface area contributed by atoms with Crippen molar-refractivity contribution in [3.05, 3.63) is 35.7 Å². The summed E-state index contributed by atoms with van der Waals surface area (Å²) in [6, 6.07) is 4.86. The molecule has 0 amide bonds. The molecule has 0 saturated carbocycles. The third-order valence-corrected chi connectivity index (χ3v) is 7.38. The summed E-state index contributed by atoms with van der Waals surface area (Å²) < 4.78 is 35.7. The quantitative estimate of drug-likeness (QED) is 0.501. The van der Waals surface area contributed by atoms with Gasteiger partial charge in [-0.1, -0.05) is 0 Å². The second-order valence-corrected chi connectivity index (χ2v) is 10.6. The molecule has 0 atom stereocenters. The average Bonchev–Trinajstić information content (AvgIpc) is 3.06. The number of hydrogen-bond donors (Lipinski definition) is 2. The number of benzene rings is 1. The van der Waals surface area contributed by atoms with Crippen molar-refractivity contribution < 1.29 is 22.7 Å². The van der Waals surface area contributed by atoms with Gasteiger partial charge in [0.1, 0.15) is 16.3 Å². The van der Waals surface area contributed by atoms with E-state index in [2.05, 4.69) is 20.5 Å². The van der Waals surface area contributed by atoms with Crippen LogP contribution in [0.4, 0.5) is 11.5 Å². The molecule has 0 radical (unpaired) electrons. The first-order valence-corrected chi connectivity index (χ1v) is 11.2. The number of anilines is 2. The molecule has 174 valence electrons. The van der Waals surface area contributed by atoms with E-state index in [9.17, 15) is 13.2 Å². The molecule has 0 spiro atoms. The van der Waals surface area contributed by atoms with Crippen LogP contribution in [0, 0.1) is 6.92 Å². The van der Waals surface area contributed by atoms with Crippen LogP contribution in [0.15, 0.2) is 29.3 Å². The second kappa shape index (κ2) is 9.33. The van der Waals surface area contributed by atoms with Crippen LogP contribution < -0.4 is 10.1 Å². The van der Waals surface area contributed by atoms with Gasteiger partial charge in [0.25, 0.3) is 0 Å². The number of esters is 1. The van der Waals surface area contributed by atoms with E-state index < -0.39 is 20.6 Å². The lowest BCUT2D eigenvalue weighted by Crippen LogP contribution is -2.28. The summed E-state index contributed by atoms with van der Waals surface area (Å²) >= 11 is 0. The van der Waals surface area contributed by atoms with Gasteiger partial charge in [-0.25, -0.2) is 13.2 Å². The predicted octanol–water partition coefficient (Wildman–Crippen LogP) is 4.19. The number of sulfone groups is 1. The topological polar surface area (TPSA) is 123 Å². The van der Waals surface area contributed by atoms with Gasteiger partial charge in [-0.3, -0.25) is 10.1 Å². The van der Waals surface area contributed by atoms with Crippen molar-refractivity contribution >= 4 is 50.6 Å². The Balaban J connectivity index is 0.00000363. The molecule has 3 aromatic rings. The molecule has 3 rings (SSSR count). The highest BCUT2D eigenvalue weighted by Gasteiger charge is 2.34. The maximum atomic E-state index is 13.2.